The first-order valence-electron chi connectivity index (χ1n) is 13.1. The van der Waals surface area contributed by atoms with Crippen molar-refractivity contribution in [3.8, 4) is 0 Å². The fourth-order valence-corrected chi connectivity index (χ4v) is 6.38. The minimum absolute atomic E-state index is 0.123. The van der Waals surface area contributed by atoms with Crippen LogP contribution in [0, 0.1) is 33.8 Å². The smallest absolute Gasteiger partial charge is 0.315 e. The van der Waals surface area contributed by atoms with E-state index in [4.69, 9.17) is 9.73 Å². The molecule has 0 amide bonds. The highest BCUT2D eigenvalue weighted by Gasteiger charge is 2.49. The summed E-state index contributed by atoms with van der Waals surface area (Å²) in [6.45, 7) is 8.23. The number of nitro groups is 1. The van der Waals surface area contributed by atoms with Crippen molar-refractivity contribution in [1.82, 2.24) is 0 Å². The standard InChI is InChI=1S/C30H32N2O5/c1-16(2)19-14-13-17(3)15-24(19)37-30(34)25-18(4)31-28-20-9-5-6-10-21(20)29(33)27(28)26(25)22-11-7-8-12-23(22)32(35)36/h5-12,16-17,19,24-26H,13-15H2,1-4H3/t17-,19+,24+,25?,26+/m0/s1. The van der Waals surface area contributed by atoms with Gasteiger partial charge in [0.15, 0.2) is 5.78 Å². The van der Waals surface area contributed by atoms with Crippen LogP contribution in [-0.4, -0.2) is 28.5 Å². The topological polar surface area (TPSA) is 98.9 Å². The number of benzene rings is 2. The van der Waals surface area contributed by atoms with Crippen LogP contribution in [0.25, 0.3) is 5.70 Å². The number of Topliss-reactive ketones (excluding diaryl/α,β-unsaturated/α-hetero) is 1. The second-order valence-electron chi connectivity index (χ2n) is 11.0. The molecule has 1 heterocycles. The molecule has 1 fully saturated rings. The second kappa shape index (κ2) is 9.69. The van der Waals surface area contributed by atoms with Gasteiger partial charge >= 0.3 is 5.97 Å². The van der Waals surface area contributed by atoms with Crippen molar-refractivity contribution in [1.29, 1.82) is 0 Å². The van der Waals surface area contributed by atoms with Crippen LogP contribution >= 0.6 is 0 Å². The summed E-state index contributed by atoms with van der Waals surface area (Å²) in [6, 6.07) is 13.5. The monoisotopic (exact) mass is 500 g/mol. The Balaban J connectivity index is 1.61. The van der Waals surface area contributed by atoms with E-state index in [1.807, 2.05) is 12.1 Å². The van der Waals surface area contributed by atoms with Crippen LogP contribution in [0.1, 0.15) is 74.4 Å². The molecule has 0 bridgehead atoms. The Morgan fingerprint density at radius 2 is 1.76 bits per heavy atom. The molecule has 2 aromatic rings. The molecule has 2 aliphatic carbocycles. The lowest BCUT2D eigenvalue weighted by Gasteiger charge is -2.38. The summed E-state index contributed by atoms with van der Waals surface area (Å²) in [4.78, 5) is 44.0. The Labute approximate surface area is 216 Å². The first-order chi connectivity index (χ1) is 17.7. The lowest BCUT2D eigenvalue weighted by molar-refractivity contribution is -0.385. The quantitative estimate of drug-likeness (QED) is 0.269. The molecule has 0 spiro atoms. The molecule has 1 aliphatic heterocycles. The minimum atomic E-state index is -0.928. The van der Waals surface area contributed by atoms with Crippen molar-refractivity contribution in [2.24, 2.45) is 28.7 Å². The summed E-state index contributed by atoms with van der Waals surface area (Å²) in [5, 5.41) is 12.0. The average molecular weight is 501 g/mol. The number of hydrogen-bond acceptors (Lipinski definition) is 6. The van der Waals surface area contributed by atoms with Gasteiger partial charge < -0.3 is 4.74 Å². The first-order valence-corrected chi connectivity index (χ1v) is 13.1. The Hall–Kier alpha value is -3.61. The Kier molecular flexibility index (Phi) is 6.56. The summed E-state index contributed by atoms with van der Waals surface area (Å²) in [5.74, 6) is -1.45. The fraction of sp³-hybridized carbons (Fsp3) is 0.433. The van der Waals surface area contributed by atoms with Crippen molar-refractivity contribution in [3.63, 3.8) is 0 Å². The first kappa shape index (κ1) is 25.1. The predicted molar refractivity (Wildman–Crippen MR) is 141 cm³/mol. The Morgan fingerprint density at radius 3 is 2.46 bits per heavy atom. The molecule has 5 rings (SSSR count). The van der Waals surface area contributed by atoms with Gasteiger partial charge in [-0.2, -0.15) is 0 Å². The van der Waals surface area contributed by atoms with Crippen molar-refractivity contribution in [2.75, 3.05) is 0 Å². The van der Waals surface area contributed by atoms with Gasteiger partial charge in [-0.1, -0.05) is 69.7 Å². The lowest BCUT2D eigenvalue weighted by atomic mass is 9.73. The summed E-state index contributed by atoms with van der Waals surface area (Å²) < 4.78 is 6.23. The summed E-state index contributed by atoms with van der Waals surface area (Å²) in [7, 11) is 0. The van der Waals surface area contributed by atoms with Crippen LogP contribution in [0.4, 0.5) is 5.69 Å². The van der Waals surface area contributed by atoms with E-state index in [9.17, 15) is 19.7 Å². The number of hydrogen-bond donors (Lipinski definition) is 0. The molecule has 0 N–H and O–H groups in total. The van der Waals surface area contributed by atoms with Gasteiger partial charge in [-0.25, -0.2) is 0 Å². The molecular weight excluding hydrogens is 468 g/mol. The minimum Gasteiger partial charge on any atom is -0.462 e. The van der Waals surface area contributed by atoms with Crippen molar-refractivity contribution in [2.45, 2.75) is 59.0 Å². The van der Waals surface area contributed by atoms with E-state index >= 15 is 0 Å². The number of allylic oxidation sites excluding steroid dienone is 1. The van der Waals surface area contributed by atoms with Gasteiger partial charge in [0.1, 0.15) is 12.0 Å². The number of aliphatic imine (C=N–C) groups is 1. The normalized spacial score (nSPS) is 27.0. The highest BCUT2D eigenvalue weighted by molar-refractivity contribution is 6.25. The number of ketones is 1. The third-order valence-electron chi connectivity index (χ3n) is 8.26. The van der Waals surface area contributed by atoms with E-state index < -0.39 is 22.7 Å². The highest BCUT2D eigenvalue weighted by Crippen LogP contribution is 2.50. The van der Waals surface area contributed by atoms with Crippen molar-refractivity contribution < 1.29 is 19.2 Å². The van der Waals surface area contributed by atoms with Gasteiger partial charge in [0.05, 0.1) is 10.6 Å². The molecule has 37 heavy (non-hydrogen) atoms. The van der Waals surface area contributed by atoms with Crippen LogP contribution < -0.4 is 0 Å². The molecule has 3 aliphatic rings. The number of rotatable bonds is 5. The fourth-order valence-electron chi connectivity index (χ4n) is 6.38. The molecule has 7 heteroatoms. The van der Waals surface area contributed by atoms with Gasteiger partial charge in [0.25, 0.3) is 5.69 Å². The van der Waals surface area contributed by atoms with Gasteiger partial charge in [-0.3, -0.25) is 24.7 Å². The van der Waals surface area contributed by atoms with E-state index in [-0.39, 0.29) is 23.5 Å². The van der Waals surface area contributed by atoms with E-state index in [0.29, 0.717) is 45.5 Å². The Bertz CT molecular complexity index is 1340. The third-order valence-corrected chi connectivity index (χ3v) is 8.26. The zero-order chi connectivity index (χ0) is 26.4. The Morgan fingerprint density at radius 1 is 1.08 bits per heavy atom. The molecule has 2 aromatic carbocycles. The summed E-state index contributed by atoms with van der Waals surface area (Å²) in [6.07, 6.45) is 2.64. The zero-order valence-electron chi connectivity index (χ0n) is 21.6. The van der Waals surface area contributed by atoms with Gasteiger partial charge in [0.2, 0.25) is 0 Å². The molecule has 0 saturated heterocycles. The largest absolute Gasteiger partial charge is 0.462 e. The van der Waals surface area contributed by atoms with Crippen LogP contribution in [0.3, 0.4) is 0 Å². The number of fused-ring (bicyclic) bond motifs is 2. The van der Waals surface area contributed by atoms with E-state index in [2.05, 4.69) is 20.8 Å². The SMILES string of the molecule is CC1=NC2=C(C(=O)c3ccccc32)[C@H](c2ccccc2[N+](=O)[O-])C1C(=O)O[C@@H]1C[C@@H](C)CC[C@@H]1C(C)C. The molecule has 1 saturated carbocycles. The van der Waals surface area contributed by atoms with Crippen LogP contribution in [0.2, 0.25) is 0 Å². The number of carbonyl (C=O) groups excluding carboxylic acids is 2. The maximum Gasteiger partial charge on any atom is 0.315 e. The second-order valence-corrected chi connectivity index (χ2v) is 11.0. The van der Waals surface area contributed by atoms with Crippen LogP contribution in [-0.2, 0) is 9.53 Å². The van der Waals surface area contributed by atoms with Crippen molar-refractivity contribution >= 4 is 28.8 Å². The number of para-hydroxylation sites is 1. The zero-order valence-corrected chi connectivity index (χ0v) is 21.6. The summed E-state index contributed by atoms with van der Waals surface area (Å²) in [5.41, 5.74) is 2.73. The third kappa shape index (κ3) is 4.30. The number of esters is 1. The lowest BCUT2D eigenvalue weighted by Crippen LogP contribution is -2.41. The van der Waals surface area contributed by atoms with Gasteiger partial charge in [0, 0.05) is 40.0 Å². The molecule has 5 atom stereocenters. The molecule has 1 unspecified atom stereocenters. The van der Waals surface area contributed by atoms with E-state index in [1.165, 1.54) is 6.07 Å². The van der Waals surface area contributed by atoms with Gasteiger partial charge in [-0.15, -0.1) is 0 Å². The number of nitro benzene ring substituents is 1. The summed E-state index contributed by atoms with van der Waals surface area (Å²) >= 11 is 0. The maximum atomic E-state index is 14.0. The number of carbonyl (C=O) groups is 2. The highest BCUT2D eigenvalue weighted by atomic mass is 16.6. The predicted octanol–water partition coefficient (Wildman–Crippen LogP) is 6.38. The molecule has 192 valence electrons. The van der Waals surface area contributed by atoms with Gasteiger partial charge in [-0.05, 0) is 37.5 Å². The van der Waals surface area contributed by atoms with E-state index in [0.717, 1.165) is 19.3 Å². The number of nitrogens with zero attached hydrogens (tertiary/aromatic N) is 2. The molecule has 0 radical (unpaired) electrons. The van der Waals surface area contributed by atoms with Crippen LogP contribution in [0.15, 0.2) is 59.1 Å². The molecule has 0 aromatic heterocycles. The molecular formula is C30H32N2O5. The van der Waals surface area contributed by atoms with Crippen LogP contribution in [0.5, 0.6) is 0 Å². The maximum absolute atomic E-state index is 14.0. The van der Waals surface area contributed by atoms with Crippen molar-refractivity contribution in [3.05, 3.63) is 80.9 Å². The number of ether oxygens (including phenoxy) is 1. The van der Waals surface area contributed by atoms with E-state index in [1.54, 1.807) is 37.3 Å². The molecule has 7 nitrogen and oxygen atoms in total. The average Bonchev–Trinajstić information content (AvgIpc) is 3.14.